The first-order valence-electron chi connectivity index (χ1n) is 12.3. The molecule has 0 saturated carbocycles. The number of ether oxygens (including phenoxy) is 2. The molecule has 1 aliphatic rings. The van der Waals surface area contributed by atoms with Crippen molar-refractivity contribution in [2.24, 2.45) is 5.41 Å². The molecule has 1 amide bonds. The highest BCUT2D eigenvalue weighted by Crippen LogP contribution is 2.35. The van der Waals surface area contributed by atoms with Crippen molar-refractivity contribution in [2.75, 3.05) is 52.3 Å². The van der Waals surface area contributed by atoms with Gasteiger partial charge in [-0.15, -0.1) is 0 Å². The van der Waals surface area contributed by atoms with Crippen LogP contribution in [-0.4, -0.2) is 77.7 Å². The highest BCUT2D eigenvalue weighted by molar-refractivity contribution is 5.77. The van der Waals surface area contributed by atoms with Crippen molar-refractivity contribution in [2.45, 2.75) is 26.6 Å². The van der Waals surface area contributed by atoms with Gasteiger partial charge < -0.3 is 30.0 Å². The number of benzene rings is 1. The average Bonchev–Trinajstić information content (AvgIpc) is 3.32. The Morgan fingerprint density at radius 1 is 1.19 bits per heavy atom. The lowest BCUT2D eigenvalue weighted by Gasteiger charge is -2.36. The fourth-order valence-electron chi connectivity index (χ4n) is 3.93. The third kappa shape index (κ3) is 7.09. The van der Waals surface area contributed by atoms with E-state index in [0.717, 1.165) is 25.1 Å². The topological polar surface area (TPSA) is 117 Å². The molecule has 4 rings (SSSR count). The molecule has 2 aromatic heterocycles. The van der Waals surface area contributed by atoms with Crippen LogP contribution in [0.2, 0.25) is 0 Å². The number of aromatic amines is 1. The van der Waals surface area contributed by atoms with E-state index >= 15 is 0 Å². The molecule has 198 valence electrons. The van der Waals surface area contributed by atoms with E-state index in [1.807, 2.05) is 21.0 Å². The third-order valence-electron chi connectivity index (χ3n) is 5.97. The summed E-state index contributed by atoms with van der Waals surface area (Å²) < 4.78 is 25.6. The Balaban J connectivity index is 1.57. The SMILES string of the molecule is CC(=O)NCC1(C)COC(c2nc(-c3ccc(F)cc3)c(-c3ccnc(NCCCN(C)C)n3)[nH]2)OC1. The number of rotatable bonds is 10. The average molecular weight is 512 g/mol. The zero-order chi connectivity index (χ0) is 26.4. The number of anilines is 1. The maximum Gasteiger partial charge on any atom is 0.223 e. The maximum absolute atomic E-state index is 13.6. The second-order valence-electron chi connectivity index (χ2n) is 9.88. The number of amides is 1. The zero-order valence-electron chi connectivity index (χ0n) is 21.7. The number of hydrogen-bond acceptors (Lipinski definition) is 8. The number of nitrogens with zero attached hydrogens (tertiary/aromatic N) is 4. The van der Waals surface area contributed by atoms with Crippen molar-refractivity contribution in [3.8, 4) is 22.6 Å². The number of aromatic nitrogens is 4. The lowest BCUT2D eigenvalue weighted by atomic mass is 9.92. The maximum atomic E-state index is 13.6. The van der Waals surface area contributed by atoms with Crippen LogP contribution in [-0.2, 0) is 14.3 Å². The third-order valence-corrected chi connectivity index (χ3v) is 5.97. The van der Waals surface area contributed by atoms with E-state index in [4.69, 9.17) is 14.5 Å². The van der Waals surface area contributed by atoms with Gasteiger partial charge in [0.25, 0.3) is 0 Å². The molecule has 3 heterocycles. The lowest BCUT2D eigenvalue weighted by Crippen LogP contribution is -2.45. The molecule has 0 radical (unpaired) electrons. The fourth-order valence-corrected chi connectivity index (χ4v) is 3.93. The largest absolute Gasteiger partial charge is 0.356 e. The molecular weight excluding hydrogens is 477 g/mol. The minimum atomic E-state index is -0.719. The number of H-pyrrole nitrogens is 1. The zero-order valence-corrected chi connectivity index (χ0v) is 21.7. The monoisotopic (exact) mass is 511 g/mol. The standard InChI is InChI=1S/C26H34FN7O3/c1-17(35)30-14-26(2)15-36-24(37-16-26)23-32-21(18-6-8-19(27)9-7-18)22(33-23)20-10-12-29-25(31-20)28-11-5-13-34(3)4/h6-10,12,24H,5,11,13-16H2,1-4H3,(H,30,35)(H,32,33)(H,28,29,31). The van der Waals surface area contributed by atoms with Gasteiger partial charge in [0.05, 0.1) is 30.3 Å². The minimum Gasteiger partial charge on any atom is -0.356 e. The molecule has 3 aromatic rings. The Bertz CT molecular complexity index is 1190. The Labute approximate surface area is 216 Å². The van der Waals surface area contributed by atoms with Gasteiger partial charge in [-0.2, -0.15) is 0 Å². The van der Waals surface area contributed by atoms with E-state index in [0.29, 0.717) is 48.6 Å². The first kappa shape index (κ1) is 26.6. The predicted molar refractivity (Wildman–Crippen MR) is 138 cm³/mol. The summed E-state index contributed by atoms with van der Waals surface area (Å²) in [5.41, 5.74) is 2.26. The van der Waals surface area contributed by atoms with Gasteiger partial charge in [0.1, 0.15) is 5.82 Å². The van der Waals surface area contributed by atoms with Crippen LogP contribution in [0.1, 0.15) is 32.4 Å². The van der Waals surface area contributed by atoms with Crippen molar-refractivity contribution in [1.82, 2.24) is 30.2 Å². The molecule has 0 bridgehead atoms. The van der Waals surface area contributed by atoms with Gasteiger partial charge in [0, 0.05) is 37.2 Å². The van der Waals surface area contributed by atoms with Crippen molar-refractivity contribution in [3.05, 3.63) is 48.2 Å². The molecule has 1 aliphatic heterocycles. The van der Waals surface area contributed by atoms with Crippen LogP contribution >= 0.6 is 0 Å². The minimum absolute atomic E-state index is 0.0978. The quantitative estimate of drug-likeness (QED) is 0.355. The Kier molecular flexibility index (Phi) is 8.47. The molecule has 0 spiro atoms. The molecular formula is C26H34FN7O3. The van der Waals surface area contributed by atoms with E-state index in [-0.39, 0.29) is 17.1 Å². The van der Waals surface area contributed by atoms with Gasteiger partial charge in [-0.1, -0.05) is 6.92 Å². The number of imidazole rings is 1. The lowest BCUT2D eigenvalue weighted by molar-refractivity contribution is -0.232. The Morgan fingerprint density at radius 3 is 2.59 bits per heavy atom. The molecule has 0 aliphatic carbocycles. The molecule has 0 unspecified atom stereocenters. The van der Waals surface area contributed by atoms with E-state index in [9.17, 15) is 9.18 Å². The molecule has 3 N–H and O–H groups in total. The first-order chi connectivity index (χ1) is 17.7. The van der Waals surface area contributed by atoms with Crippen LogP contribution in [0.15, 0.2) is 36.5 Å². The summed E-state index contributed by atoms with van der Waals surface area (Å²) in [4.78, 5) is 30.6. The smallest absolute Gasteiger partial charge is 0.223 e. The highest BCUT2D eigenvalue weighted by atomic mass is 19.1. The van der Waals surface area contributed by atoms with Crippen LogP contribution in [0, 0.1) is 11.2 Å². The first-order valence-corrected chi connectivity index (χ1v) is 12.3. The normalized spacial score (nSPS) is 19.7. The Hall–Kier alpha value is -3.41. The summed E-state index contributed by atoms with van der Waals surface area (Å²) in [6.45, 7) is 6.38. The summed E-state index contributed by atoms with van der Waals surface area (Å²) in [6.07, 6.45) is 1.92. The van der Waals surface area contributed by atoms with Crippen LogP contribution in [0.25, 0.3) is 22.6 Å². The highest BCUT2D eigenvalue weighted by Gasteiger charge is 2.35. The number of hydrogen-bond donors (Lipinski definition) is 3. The number of nitrogens with one attached hydrogen (secondary N) is 3. The summed E-state index contributed by atoms with van der Waals surface area (Å²) in [5, 5.41) is 6.09. The fraction of sp³-hybridized carbons (Fsp3) is 0.462. The van der Waals surface area contributed by atoms with Gasteiger partial charge in [0.2, 0.25) is 18.1 Å². The van der Waals surface area contributed by atoms with Crippen LogP contribution in [0.4, 0.5) is 10.3 Å². The summed E-state index contributed by atoms with van der Waals surface area (Å²) in [5.74, 6) is 0.565. The second-order valence-corrected chi connectivity index (χ2v) is 9.88. The molecule has 10 nitrogen and oxygen atoms in total. The van der Waals surface area contributed by atoms with Gasteiger partial charge in [-0.25, -0.2) is 19.3 Å². The summed E-state index contributed by atoms with van der Waals surface area (Å²) >= 11 is 0. The molecule has 1 saturated heterocycles. The van der Waals surface area contributed by atoms with Gasteiger partial charge in [0.15, 0.2) is 5.82 Å². The summed E-state index contributed by atoms with van der Waals surface area (Å²) in [7, 11) is 4.07. The van der Waals surface area contributed by atoms with E-state index in [1.165, 1.54) is 19.1 Å². The summed E-state index contributed by atoms with van der Waals surface area (Å²) in [6, 6.07) is 7.93. The van der Waals surface area contributed by atoms with Gasteiger partial charge >= 0.3 is 0 Å². The predicted octanol–water partition coefficient (Wildman–Crippen LogP) is 3.22. The molecule has 37 heavy (non-hydrogen) atoms. The van der Waals surface area contributed by atoms with Crippen molar-refractivity contribution >= 4 is 11.9 Å². The van der Waals surface area contributed by atoms with Crippen LogP contribution in [0.3, 0.4) is 0 Å². The molecule has 0 atom stereocenters. The van der Waals surface area contributed by atoms with E-state index in [1.54, 1.807) is 24.4 Å². The number of carbonyl (C=O) groups is 1. The van der Waals surface area contributed by atoms with Crippen LogP contribution < -0.4 is 10.6 Å². The van der Waals surface area contributed by atoms with Crippen molar-refractivity contribution in [3.63, 3.8) is 0 Å². The van der Waals surface area contributed by atoms with Crippen LogP contribution in [0.5, 0.6) is 0 Å². The van der Waals surface area contributed by atoms with Crippen molar-refractivity contribution < 1.29 is 18.7 Å². The number of halogens is 1. The number of carbonyl (C=O) groups excluding carboxylic acids is 1. The molecule has 1 fully saturated rings. The Morgan fingerprint density at radius 2 is 1.92 bits per heavy atom. The van der Waals surface area contributed by atoms with E-state index < -0.39 is 6.29 Å². The van der Waals surface area contributed by atoms with E-state index in [2.05, 4.69) is 30.5 Å². The van der Waals surface area contributed by atoms with Gasteiger partial charge in [-0.3, -0.25) is 4.79 Å². The molecule has 1 aromatic carbocycles. The molecule has 11 heteroatoms. The van der Waals surface area contributed by atoms with Crippen molar-refractivity contribution in [1.29, 1.82) is 0 Å². The second kappa shape index (κ2) is 11.8. The van der Waals surface area contributed by atoms with Gasteiger partial charge in [-0.05, 0) is 57.4 Å².